The van der Waals surface area contributed by atoms with Gasteiger partial charge in [-0.25, -0.2) is 0 Å². The van der Waals surface area contributed by atoms with Gasteiger partial charge in [-0.15, -0.1) is 0 Å². The lowest BCUT2D eigenvalue weighted by atomic mass is 10.1. The zero-order chi connectivity index (χ0) is 12.6. The number of hydrogen-bond acceptors (Lipinski definition) is 0. The highest BCUT2D eigenvalue weighted by Crippen LogP contribution is 2.60. The van der Waals surface area contributed by atoms with E-state index in [1.165, 1.54) is 0 Å². The van der Waals surface area contributed by atoms with E-state index >= 15 is 0 Å². The largest absolute Gasteiger partial charge is 0.226 e. The number of rotatable bonds is 2. The molecule has 0 heterocycles. The van der Waals surface area contributed by atoms with Crippen molar-refractivity contribution in [2.24, 2.45) is 0 Å². The molecule has 0 unspecified atom stereocenters. The van der Waals surface area contributed by atoms with Crippen molar-refractivity contribution in [1.29, 1.82) is 0 Å². The molecule has 0 N–H and O–H groups in total. The topological polar surface area (TPSA) is 0 Å². The molecule has 7 heteroatoms. The van der Waals surface area contributed by atoms with Crippen molar-refractivity contribution in [3.8, 4) is 0 Å². The van der Waals surface area contributed by atoms with Crippen molar-refractivity contribution in [1.82, 2.24) is 0 Å². The first-order valence-corrected chi connectivity index (χ1v) is 6.54. The summed E-state index contributed by atoms with van der Waals surface area (Å²) < 4.78 is -5.81. The Morgan fingerprint density at radius 1 is 0.812 bits per heavy atom. The monoisotopic (exact) mass is 357 g/mol. The molecule has 0 aromatic heterocycles. The van der Waals surface area contributed by atoms with E-state index in [0.29, 0.717) is 5.56 Å². The SMILES string of the molecule is ClC(Cl)(Cl)C(Cl)(Cl)C(Cl)(Cl)c1cc[c]cc1. The maximum atomic E-state index is 6.07. The van der Waals surface area contributed by atoms with E-state index in [1.807, 2.05) is 0 Å². The van der Waals surface area contributed by atoms with Gasteiger partial charge < -0.3 is 0 Å². The molecular formula is C9H4Cl7. The summed E-state index contributed by atoms with van der Waals surface area (Å²) in [7, 11) is 0. The minimum Gasteiger partial charge on any atom is -0.0930 e. The number of benzene rings is 1. The van der Waals surface area contributed by atoms with E-state index in [4.69, 9.17) is 81.2 Å². The summed E-state index contributed by atoms with van der Waals surface area (Å²) in [6, 6.07) is 9.14. The minimum absolute atomic E-state index is 0.408. The molecule has 16 heavy (non-hydrogen) atoms. The highest BCUT2D eigenvalue weighted by atomic mass is 35.6. The summed E-state index contributed by atoms with van der Waals surface area (Å²) in [6.07, 6.45) is 0. The number of alkyl halides is 7. The third-order valence-corrected chi connectivity index (χ3v) is 5.79. The molecule has 0 spiro atoms. The van der Waals surface area contributed by atoms with Crippen LogP contribution in [0, 0.1) is 6.07 Å². The second-order valence-electron chi connectivity index (χ2n) is 2.94. The van der Waals surface area contributed by atoms with Gasteiger partial charge in [-0.05, 0) is 11.6 Å². The molecule has 0 amide bonds. The molecule has 0 aliphatic heterocycles. The van der Waals surface area contributed by atoms with Crippen molar-refractivity contribution < 1.29 is 0 Å². The smallest absolute Gasteiger partial charge is 0.0930 e. The van der Waals surface area contributed by atoms with E-state index < -0.39 is 12.5 Å². The van der Waals surface area contributed by atoms with Crippen LogP contribution in [0.25, 0.3) is 0 Å². The molecule has 0 saturated carbocycles. The lowest BCUT2D eigenvalue weighted by Crippen LogP contribution is -2.45. The maximum Gasteiger partial charge on any atom is 0.226 e. The van der Waals surface area contributed by atoms with Crippen molar-refractivity contribution >= 4 is 81.2 Å². The predicted molar refractivity (Wildman–Crippen MR) is 73.4 cm³/mol. The quantitative estimate of drug-likeness (QED) is 0.597. The summed E-state index contributed by atoms with van der Waals surface area (Å²) >= 11 is 41.0. The van der Waals surface area contributed by atoms with Crippen LogP contribution in [0.2, 0.25) is 0 Å². The third kappa shape index (κ3) is 2.80. The Hall–Kier alpha value is 1.25. The van der Waals surface area contributed by atoms with E-state index in [2.05, 4.69) is 6.07 Å². The zero-order valence-corrected chi connectivity index (χ0v) is 12.7. The van der Waals surface area contributed by atoms with Crippen LogP contribution < -0.4 is 0 Å². The standard InChI is InChI=1S/C9H4Cl7/c10-7(11,6-4-2-1-3-5-6)8(12,13)9(14,15)16/h2-5H. The fraction of sp³-hybridized carbons (Fsp3) is 0.333. The molecule has 0 atom stereocenters. The predicted octanol–water partition coefficient (Wildman–Crippen LogP) is 5.66. The maximum absolute atomic E-state index is 6.07. The summed E-state index contributed by atoms with van der Waals surface area (Å²) in [5.41, 5.74) is 0.408. The molecule has 1 aromatic carbocycles. The Morgan fingerprint density at radius 2 is 1.25 bits per heavy atom. The van der Waals surface area contributed by atoms with Gasteiger partial charge in [0.2, 0.25) is 8.13 Å². The van der Waals surface area contributed by atoms with E-state index in [0.717, 1.165) is 0 Å². The van der Waals surface area contributed by atoms with Gasteiger partial charge in [-0.1, -0.05) is 105 Å². The number of halogens is 7. The molecule has 0 aliphatic rings. The first-order chi connectivity index (χ1) is 7.11. The average Bonchev–Trinajstić information content (AvgIpc) is 2.17. The average molecular weight is 360 g/mol. The second-order valence-corrected chi connectivity index (χ2v) is 7.87. The highest BCUT2D eigenvalue weighted by Gasteiger charge is 2.60. The first kappa shape index (κ1) is 15.3. The number of hydrogen-bond donors (Lipinski definition) is 0. The zero-order valence-electron chi connectivity index (χ0n) is 7.46. The minimum atomic E-state index is -2.04. The molecule has 0 aliphatic carbocycles. The van der Waals surface area contributed by atoms with Gasteiger partial charge in [0.25, 0.3) is 0 Å². The molecule has 0 saturated heterocycles. The Morgan fingerprint density at radius 3 is 1.62 bits per heavy atom. The van der Waals surface area contributed by atoms with Gasteiger partial charge in [0.1, 0.15) is 0 Å². The Balaban J connectivity index is 3.22. The van der Waals surface area contributed by atoms with Crippen LogP contribution >= 0.6 is 81.2 Å². The molecule has 0 fully saturated rings. The summed E-state index contributed by atoms with van der Waals surface area (Å²) in [5.74, 6) is 0. The molecule has 1 aromatic rings. The second kappa shape index (κ2) is 5.09. The molecule has 89 valence electrons. The fourth-order valence-corrected chi connectivity index (χ4v) is 2.42. The van der Waals surface area contributed by atoms with Gasteiger partial charge in [0.05, 0.1) is 0 Å². The summed E-state index contributed by atoms with van der Waals surface area (Å²) in [4.78, 5) is 0. The third-order valence-electron chi connectivity index (χ3n) is 1.83. The first-order valence-electron chi connectivity index (χ1n) is 3.89. The van der Waals surface area contributed by atoms with Crippen LogP contribution in [0.1, 0.15) is 5.56 Å². The molecule has 0 bridgehead atoms. The highest BCUT2D eigenvalue weighted by molar-refractivity contribution is 6.78. The van der Waals surface area contributed by atoms with Crippen molar-refractivity contribution in [3.05, 3.63) is 35.9 Å². The molecule has 0 nitrogen and oxygen atoms in total. The van der Waals surface area contributed by atoms with Crippen LogP contribution in [-0.2, 0) is 4.33 Å². The molecule has 1 radical (unpaired) electrons. The van der Waals surface area contributed by atoms with E-state index in [1.54, 1.807) is 24.3 Å². The Labute approximate surface area is 129 Å². The van der Waals surface area contributed by atoms with Gasteiger partial charge in [-0.2, -0.15) is 0 Å². The van der Waals surface area contributed by atoms with Crippen molar-refractivity contribution in [3.63, 3.8) is 0 Å². The van der Waals surface area contributed by atoms with Crippen LogP contribution in [0.4, 0.5) is 0 Å². The summed E-state index contributed by atoms with van der Waals surface area (Å²) in [6.45, 7) is 0. The summed E-state index contributed by atoms with van der Waals surface area (Å²) in [5, 5.41) is 0. The molecular weight excluding hydrogens is 356 g/mol. The normalized spacial score (nSPS) is 13.9. The lowest BCUT2D eigenvalue weighted by molar-refractivity contribution is 0.699. The van der Waals surface area contributed by atoms with Crippen LogP contribution in [0.15, 0.2) is 24.3 Å². The van der Waals surface area contributed by atoms with Crippen LogP contribution in [-0.4, -0.2) is 8.13 Å². The fourth-order valence-electron chi connectivity index (χ4n) is 0.956. The van der Waals surface area contributed by atoms with E-state index in [9.17, 15) is 0 Å². The van der Waals surface area contributed by atoms with Gasteiger partial charge in [0, 0.05) is 0 Å². The molecule has 1 rings (SSSR count). The van der Waals surface area contributed by atoms with Crippen LogP contribution in [0.3, 0.4) is 0 Å². The van der Waals surface area contributed by atoms with Gasteiger partial charge in [-0.3, -0.25) is 0 Å². The Bertz CT molecular complexity index is 352. The van der Waals surface area contributed by atoms with Gasteiger partial charge >= 0.3 is 0 Å². The van der Waals surface area contributed by atoms with E-state index in [-0.39, 0.29) is 0 Å². The van der Waals surface area contributed by atoms with Crippen molar-refractivity contribution in [2.75, 3.05) is 0 Å². The Kier molecular flexibility index (Phi) is 4.87. The van der Waals surface area contributed by atoms with Gasteiger partial charge in [0.15, 0.2) is 4.33 Å². The van der Waals surface area contributed by atoms with Crippen LogP contribution in [0.5, 0.6) is 0 Å². The lowest BCUT2D eigenvalue weighted by Gasteiger charge is -2.37. The van der Waals surface area contributed by atoms with Crippen molar-refractivity contribution in [2.45, 2.75) is 12.5 Å².